The number of hydrogen-bond donors (Lipinski definition) is 2. The second-order valence-corrected chi connectivity index (χ2v) is 5.14. The van der Waals surface area contributed by atoms with Crippen molar-refractivity contribution in [2.45, 2.75) is 6.92 Å². The number of para-hydroxylation sites is 1. The second kappa shape index (κ2) is 5.88. The zero-order valence-electron chi connectivity index (χ0n) is 10.7. The maximum absolute atomic E-state index is 12.2. The zero-order chi connectivity index (χ0) is 14.7. The molecule has 5 heteroatoms. The Kier molecular flexibility index (Phi) is 4.20. The van der Waals surface area contributed by atoms with Gasteiger partial charge in [0.1, 0.15) is 0 Å². The Balaban J connectivity index is 2.30. The van der Waals surface area contributed by atoms with Crippen LogP contribution in [0.1, 0.15) is 26.3 Å². The minimum Gasteiger partial charge on any atom is -0.478 e. The Hall–Kier alpha value is -2.14. The van der Waals surface area contributed by atoms with Gasteiger partial charge in [-0.25, -0.2) is 4.79 Å². The van der Waals surface area contributed by atoms with Crippen LogP contribution < -0.4 is 5.32 Å². The van der Waals surface area contributed by atoms with Crippen LogP contribution in [0.25, 0.3) is 0 Å². The molecule has 2 N–H and O–H groups in total. The third kappa shape index (κ3) is 3.05. The van der Waals surface area contributed by atoms with Gasteiger partial charge in [-0.15, -0.1) is 0 Å². The molecule has 2 rings (SSSR count). The van der Waals surface area contributed by atoms with Crippen LogP contribution in [-0.4, -0.2) is 17.0 Å². The molecule has 4 nitrogen and oxygen atoms in total. The lowest BCUT2D eigenvalue weighted by atomic mass is 10.1. The van der Waals surface area contributed by atoms with E-state index in [1.165, 1.54) is 6.07 Å². The van der Waals surface area contributed by atoms with Crippen molar-refractivity contribution in [2.75, 3.05) is 5.32 Å². The van der Waals surface area contributed by atoms with E-state index in [1.54, 1.807) is 24.3 Å². The summed E-state index contributed by atoms with van der Waals surface area (Å²) in [4.78, 5) is 23.3. The van der Waals surface area contributed by atoms with Crippen LogP contribution in [0.15, 0.2) is 46.9 Å². The molecule has 0 bridgehead atoms. The fourth-order valence-corrected chi connectivity index (χ4v) is 2.45. The van der Waals surface area contributed by atoms with E-state index < -0.39 is 5.97 Å². The first-order chi connectivity index (χ1) is 9.49. The molecular formula is C15H12BrNO3. The number of benzene rings is 2. The zero-order valence-corrected chi connectivity index (χ0v) is 12.3. The van der Waals surface area contributed by atoms with Crippen molar-refractivity contribution in [3.8, 4) is 0 Å². The van der Waals surface area contributed by atoms with E-state index in [1.807, 2.05) is 19.1 Å². The molecule has 0 heterocycles. The Bertz CT molecular complexity index is 683. The highest BCUT2D eigenvalue weighted by atomic mass is 79.9. The van der Waals surface area contributed by atoms with Gasteiger partial charge >= 0.3 is 5.97 Å². The smallest absolute Gasteiger partial charge is 0.337 e. The van der Waals surface area contributed by atoms with Crippen LogP contribution in [-0.2, 0) is 0 Å². The van der Waals surface area contributed by atoms with Gasteiger partial charge in [-0.3, -0.25) is 4.79 Å². The number of carboxylic acid groups (broad SMARTS) is 1. The molecule has 0 atom stereocenters. The van der Waals surface area contributed by atoms with Crippen molar-refractivity contribution in [3.63, 3.8) is 0 Å². The Labute approximate surface area is 124 Å². The van der Waals surface area contributed by atoms with Gasteiger partial charge in [-0.1, -0.05) is 18.2 Å². The minimum atomic E-state index is -1.08. The van der Waals surface area contributed by atoms with Gasteiger partial charge in [0.2, 0.25) is 0 Å². The number of anilines is 1. The van der Waals surface area contributed by atoms with Gasteiger partial charge in [0.05, 0.1) is 16.8 Å². The largest absolute Gasteiger partial charge is 0.478 e. The van der Waals surface area contributed by atoms with Crippen molar-refractivity contribution in [1.29, 1.82) is 0 Å². The van der Waals surface area contributed by atoms with Gasteiger partial charge in [0.25, 0.3) is 5.91 Å². The normalized spacial score (nSPS) is 10.1. The van der Waals surface area contributed by atoms with E-state index >= 15 is 0 Å². The van der Waals surface area contributed by atoms with Crippen molar-refractivity contribution in [3.05, 3.63) is 63.6 Å². The molecule has 2 aromatic carbocycles. The van der Waals surface area contributed by atoms with Gasteiger partial charge < -0.3 is 10.4 Å². The summed E-state index contributed by atoms with van der Waals surface area (Å²) >= 11 is 3.33. The molecule has 2 aromatic rings. The molecule has 0 aliphatic rings. The van der Waals surface area contributed by atoms with Crippen molar-refractivity contribution < 1.29 is 14.7 Å². The van der Waals surface area contributed by atoms with E-state index in [0.717, 1.165) is 5.56 Å². The van der Waals surface area contributed by atoms with Crippen LogP contribution in [0.4, 0.5) is 5.69 Å². The SMILES string of the molecule is Cc1ccc(C(=O)Nc2ccccc2C(=O)O)c(Br)c1. The molecule has 1 amide bonds. The Morgan fingerprint density at radius 3 is 2.45 bits per heavy atom. The molecule has 0 unspecified atom stereocenters. The number of carboxylic acids is 1. The fraction of sp³-hybridized carbons (Fsp3) is 0.0667. The minimum absolute atomic E-state index is 0.0593. The highest BCUT2D eigenvalue weighted by Gasteiger charge is 2.14. The average molecular weight is 334 g/mol. The molecule has 102 valence electrons. The van der Waals surface area contributed by atoms with E-state index in [0.29, 0.717) is 10.0 Å². The van der Waals surface area contributed by atoms with Crippen LogP contribution in [0, 0.1) is 6.92 Å². The molecule has 0 spiro atoms. The third-order valence-electron chi connectivity index (χ3n) is 2.77. The van der Waals surface area contributed by atoms with E-state index in [9.17, 15) is 9.59 Å². The molecule has 0 saturated heterocycles. The summed E-state index contributed by atoms with van der Waals surface area (Å²) < 4.78 is 0.669. The van der Waals surface area contributed by atoms with Gasteiger partial charge in [0.15, 0.2) is 0 Å². The number of aromatic carboxylic acids is 1. The van der Waals surface area contributed by atoms with E-state index in [2.05, 4.69) is 21.2 Å². The number of nitrogens with one attached hydrogen (secondary N) is 1. The molecule has 0 saturated carbocycles. The third-order valence-corrected chi connectivity index (χ3v) is 3.43. The van der Waals surface area contributed by atoms with Crippen molar-refractivity contribution >= 4 is 33.5 Å². The van der Waals surface area contributed by atoms with Gasteiger partial charge in [0, 0.05) is 4.47 Å². The average Bonchev–Trinajstić information content (AvgIpc) is 2.38. The maximum atomic E-state index is 12.2. The van der Waals surface area contributed by atoms with E-state index in [-0.39, 0.29) is 17.2 Å². The summed E-state index contributed by atoms with van der Waals surface area (Å²) in [6.07, 6.45) is 0. The highest BCUT2D eigenvalue weighted by molar-refractivity contribution is 9.10. The maximum Gasteiger partial charge on any atom is 0.337 e. The standard InChI is InChI=1S/C15H12BrNO3/c1-9-6-7-10(12(16)8-9)14(18)17-13-5-3-2-4-11(13)15(19)20/h2-8H,1H3,(H,17,18)(H,19,20). The summed E-state index contributed by atoms with van der Waals surface area (Å²) in [6, 6.07) is 11.6. The summed E-state index contributed by atoms with van der Waals surface area (Å²) in [6.45, 7) is 1.92. The topological polar surface area (TPSA) is 66.4 Å². The molecule has 0 aliphatic carbocycles. The monoisotopic (exact) mass is 333 g/mol. The fourth-order valence-electron chi connectivity index (χ4n) is 1.77. The van der Waals surface area contributed by atoms with E-state index in [4.69, 9.17) is 5.11 Å². The molecule has 20 heavy (non-hydrogen) atoms. The van der Waals surface area contributed by atoms with Crippen LogP contribution in [0.3, 0.4) is 0 Å². The second-order valence-electron chi connectivity index (χ2n) is 4.29. The Morgan fingerprint density at radius 2 is 1.80 bits per heavy atom. The number of hydrogen-bond acceptors (Lipinski definition) is 2. The quantitative estimate of drug-likeness (QED) is 0.899. The first kappa shape index (κ1) is 14.3. The van der Waals surface area contributed by atoms with Crippen LogP contribution >= 0.6 is 15.9 Å². The summed E-state index contributed by atoms with van der Waals surface area (Å²) in [5, 5.41) is 11.7. The first-order valence-corrected chi connectivity index (χ1v) is 6.68. The number of aryl methyl sites for hydroxylation is 1. The van der Waals surface area contributed by atoms with Gasteiger partial charge in [-0.2, -0.15) is 0 Å². The Morgan fingerprint density at radius 1 is 1.10 bits per heavy atom. The first-order valence-electron chi connectivity index (χ1n) is 5.89. The molecule has 0 aromatic heterocycles. The predicted octanol–water partition coefficient (Wildman–Crippen LogP) is 3.71. The molecule has 0 radical (unpaired) electrons. The lowest BCUT2D eigenvalue weighted by molar-refractivity contribution is 0.0698. The molecular weight excluding hydrogens is 322 g/mol. The number of amides is 1. The number of carbonyl (C=O) groups excluding carboxylic acids is 1. The lowest BCUT2D eigenvalue weighted by Crippen LogP contribution is -2.15. The number of halogens is 1. The summed E-state index contributed by atoms with van der Waals surface area (Å²) in [7, 11) is 0. The van der Waals surface area contributed by atoms with Crippen LogP contribution in [0.5, 0.6) is 0 Å². The molecule has 0 aliphatic heterocycles. The number of rotatable bonds is 3. The highest BCUT2D eigenvalue weighted by Crippen LogP contribution is 2.21. The van der Waals surface area contributed by atoms with Crippen molar-refractivity contribution in [2.24, 2.45) is 0 Å². The summed E-state index contributed by atoms with van der Waals surface area (Å²) in [5.74, 6) is -1.44. The number of carbonyl (C=O) groups is 2. The van der Waals surface area contributed by atoms with Crippen LogP contribution in [0.2, 0.25) is 0 Å². The summed E-state index contributed by atoms with van der Waals surface area (Å²) in [5.41, 5.74) is 1.82. The van der Waals surface area contributed by atoms with Gasteiger partial charge in [-0.05, 0) is 52.7 Å². The predicted molar refractivity (Wildman–Crippen MR) is 80.2 cm³/mol. The molecule has 0 fully saturated rings. The lowest BCUT2D eigenvalue weighted by Gasteiger charge is -2.09. The van der Waals surface area contributed by atoms with Crippen molar-refractivity contribution in [1.82, 2.24) is 0 Å².